The van der Waals surface area contributed by atoms with E-state index in [1.54, 1.807) is 0 Å². The Labute approximate surface area is 60.7 Å². The molecule has 1 aliphatic heterocycles. The average Bonchev–Trinajstić information content (AvgIpc) is 2.69. The van der Waals surface area contributed by atoms with Crippen molar-refractivity contribution in [3.63, 3.8) is 0 Å². The third kappa shape index (κ3) is 2.35. The van der Waals surface area contributed by atoms with Crippen molar-refractivity contribution in [1.29, 1.82) is 0 Å². The zero-order valence-corrected chi connectivity index (χ0v) is 6.22. The van der Waals surface area contributed by atoms with Crippen LogP contribution in [0.5, 0.6) is 0 Å². The van der Waals surface area contributed by atoms with Crippen LogP contribution in [0.15, 0.2) is 0 Å². The van der Waals surface area contributed by atoms with Gasteiger partial charge in [-0.05, 0) is 6.42 Å². The number of hydrogen-bond donors (Lipinski definition) is 1. The molecule has 0 radical (unpaired) electrons. The number of carbonyl (C=O) groups excluding carboxylic acids is 1. The summed E-state index contributed by atoms with van der Waals surface area (Å²) in [7, 11) is 0. The van der Waals surface area contributed by atoms with Gasteiger partial charge in [0.2, 0.25) is 0 Å². The zero-order chi connectivity index (χ0) is 7.40. The SMILES string of the molecule is CCCCOC(=O)[C@H]1CN1. The maximum absolute atomic E-state index is 10.8. The first kappa shape index (κ1) is 7.54. The van der Waals surface area contributed by atoms with Gasteiger partial charge in [-0.25, -0.2) is 0 Å². The van der Waals surface area contributed by atoms with Crippen molar-refractivity contribution >= 4 is 5.97 Å². The van der Waals surface area contributed by atoms with Gasteiger partial charge in [0.05, 0.1) is 6.61 Å². The molecule has 1 saturated heterocycles. The van der Waals surface area contributed by atoms with Crippen molar-refractivity contribution in [2.45, 2.75) is 25.8 Å². The van der Waals surface area contributed by atoms with Crippen LogP contribution in [0.3, 0.4) is 0 Å². The minimum Gasteiger partial charge on any atom is -0.464 e. The van der Waals surface area contributed by atoms with Crippen molar-refractivity contribution in [2.75, 3.05) is 13.2 Å². The summed E-state index contributed by atoms with van der Waals surface area (Å²) in [6, 6.07) is 0.0110. The molecule has 0 saturated carbocycles. The fraction of sp³-hybridized carbons (Fsp3) is 0.857. The molecule has 0 aromatic heterocycles. The lowest BCUT2D eigenvalue weighted by Gasteiger charge is -1.99. The number of hydrogen-bond acceptors (Lipinski definition) is 3. The monoisotopic (exact) mass is 143 g/mol. The molecule has 58 valence electrons. The molecule has 1 aliphatic rings. The summed E-state index contributed by atoms with van der Waals surface area (Å²) < 4.78 is 4.90. The fourth-order valence-electron chi connectivity index (χ4n) is 0.643. The highest BCUT2D eigenvalue weighted by atomic mass is 16.5. The molecule has 0 bridgehead atoms. The Hall–Kier alpha value is -0.570. The van der Waals surface area contributed by atoms with Crippen molar-refractivity contribution in [3.05, 3.63) is 0 Å². The highest BCUT2D eigenvalue weighted by molar-refractivity contribution is 5.78. The number of unbranched alkanes of at least 4 members (excludes halogenated alkanes) is 1. The van der Waals surface area contributed by atoms with E-state index in [0.29, 0.717) is 6.61 Å². The molecule has 0 unspecified atom stereocenters. The quantitative estimate of drug-likeness (QED) is 0.350. The van der Waals surface area contributed by atoms with Crippen LogP contribution in [0.25, 0.3) is 0 Å². The van der Waals surface area contributed by atoms with E-state index in [0.717, 1.165) is 19.4 Å². The molecular weight excluding hydrogens is 130 g/mol. The van der Waals surface area contributed by atoms with E-state index in [2.05, 4.69) is 12.2 Å². The van der Waals surface area contributed by atoms with Crippen LogP contribution >= 0.6 is 0 Å². The topological polar surface area (TPSA) is 48.2 Å². The second-order valence-corrected chi connectivity index (χ2v) is 2.48. The van der Waals surface area contributed by atoms with E-state index in [4.69, 9.17) is 4.74 Å². The molecule has 1 N–H and O–H groups in total. The van der Waals surface area contributed by atoms with Gasteiger partial charge in [-0.2, -0.15) is 0 Å². The van der Waals surface area contributed by atoms with Crippen molar-refractivity contribution < 1.29 is 9.53 Å². The molecule has 10 heavy (non-hydrogen) atoms. The van der Waals surface area contributed by atoms with Crippen LogP contribution in [0.1, 0.15) is 19.8 Å². The van der Waals surface area contributed by atoms with Gasteiger partial charge < -0.3 is 10.1 Å². The van der Waals surface area contributed by atoms with E-state index < -0.39 is 0 Å². The van der Waals surface area contributed by atoms with Gasteiger partial charge in [-0.3, -0.25) is 4.79 Å². The highest BCUT2D eigenvalue weighted by Crippen LogP contribution is 2.00. The van der Waals surface area contributed by atoms with Crippen LogP contribution in [0.4, 0.5) is 0 Å². The maximum atomic E-state index is 10.8. The highest BCUT2D eigenvalue weighted by Gasteiger charge is 2.29. The van der Waals surface area contributed by atoms with Gasteiger partial charge in [0.25, 0.3) is 0 Å². The Morgan fingerprint density at radius 1 is 1.80 bits per heavy atom. The van der Waals surface area contributed by atoms with E-state index in [1.165, 1.54) is 0 Å². The molecule has 1 rings (SSSR count). The Kier molecular flexibility index (Phi) is 2.68. The summed E-state index contributed by atoms with van der Waals surface area (Å²) in [5, 5.41) is 2.89. The fourth-order valence-corrected chi connectivity index (χ4v) is 0.643. The molecule has 0 aliphatic carbocycles. The molecule has 1 fully saturated rings. The molecule has 3 heteroatoms. The summed E-state index contributed by atoms with van der Waals surface area (Å²) in [5.41, 5.74) is 0. The van der Waals surface area contributed by atoms with Gasteiger partial charge >= 0.3 is 5.97 Å². The second-order valence-electron chi connectivity index (χ2n) is 2.48. The van der Waals surface area contributed by atoms with Gasteiger partial charge in [-0.15, -0.1) is 0 Å². The van der Waals surface area contributed by atoms with Crippen molar-refractivity contribution in [1.82, 2.24) is 5.32 Å². The molecule has 0 amide bonds. The minimum atomic E-state index is -0.0894. The van der Waals surface area contributed by atoms with Gasteiger partial charge in [-0.1, -0.05) is 13.3 Å². The second kappa shape index (κ2) is 3.56. The molecule has 0 aromatic rings. The Balaban J connectivity index is 1.95. The van der Waals surface area contributed by atoms with Crippen molar-refractivity contribution in [3.8, 4) is 0 Å². The van der Waals surface area contributed by atoms with Crippen LogP contribution in [-0.4, -0.2) is 25.2 Å². The molecule has 1 atom stereocenters. The minimum absolute atomic E-state index is 0.0110. The molecule has 0 spiro atoms. The van der Waals surface area contributed by atoms with Gasteiger partial charge in [0.15, 0.2) is 0 Å². The summed E-state index contributed by atoms with van der Waals surface area (Å²) in [4.78, 5) is 10.8. The standard InChI is InChI=1S/C7H13NO2/c1-2-3-4-10-7(9)6-5-8-6/h6,8H,2-5H2,1H3/t6-/m1/s1. The average molecular weight is 143 g/mol. The Morgan fingerprint density at radius 2 is 2.50 bits per heavy atom. The number of nitrogens with one attached hydrogen (secondary N) is 1. The first-order valence-electron chi connectivity index (χ1n) is 3.74. The Morgan fingerprint density at radius 3 is 3.00 bits per heavy atom. The number of esters is 1. The van der Waals surface area contributed by atoms with Crippen LogP contribution in [0, 0.1) is 0 Å². The van der Waals surface area contributed by atoms with Crippen molar-refractivity contribution in [2.24, 2.45) is 0 Å². The van der Waals surface area contributed by atoms with Crippen LogP contribution < -0.4 is 5.32 Å². The largest absolute Gasteiger partial charge is 0.464 e. The third-order valence-corrected chi connectivity index (χ3v) is 1.43. The third-order valence-electron chi connectivity index (χ3n) is 1.43. The summed E-state index contributed by atoms with van der Waals surface area (Å²) in [5.74, 6) is -0.0894. The van der Waals surface area contributed by atoms with E-state index >= 15 is 0 Å². The Bertz CT molecular complexity index is 121. The predicted octanol–water partition coefficient (Wildman–Crippen LogP) is 0.301. The van der Waals surface area contributed by atoms with Gasteiger partial charge in [0.1, 0.15) is 6.04 Å². The summed E-state index contributed by atoms with van der Waals surface area (Å²) in [6.45, 7) is 3.45. The first-order chi connectivity index (χ1) is 4.84. The number of rotatable bonds is 4. The summed E-state index contributed by atoms with van der Waals surface area (Å²) in [6.07, 6.45) is 2.05. The lowest BCUT2D eigenvalue weighted by atomic mass is 10.4. The predicted molar refractivity (Wildman–Crippen MR) is 37.7 cm³/mol. The molecular formula is C7H13NO2. The number of ether oxygens (including phenoxy) is 1. The van der Waals surface area contributed by atoms with E-state index in [-0.39, 0.29) is 12.0 Å². The van der Waals surface area contributed by atoms with E-state index in [1.807, 2.05) is 0 Å². The lowest BCUT2D eigenvalue weighted by molar-refractivity contribution is -0.143. The smallest absolute Gasteiger partial charge is 0.324 e. The lowest BCUT2D eigenvalue weighted by Crippen LogP contribution is -2.14. The molecule has 0 aromatic carbocycles. The number of carbonyl (C=O) groups is 1. The van der Waals surface area contributed by atoms with E-state index in [9.17, 15) is 4.79 Å². The van der Waals surface area contributed by atoms with Crippen LogP contribution in [0.2, 0.25) is 0 Å². The molecule has 1 heterocycles. The normalized spacial score (nSPS) is 22.3. The molecule has 3 nitrogen and oxygen atoms in total. The van der Waals surface area contributed by atoms with Gasteiger partial charge in [0, 0.05) is 6.54 Å². The van der Waals surface area contributed by atoms with Crippen LogP contribution in [-0.2, 0) is 9.53 Å². The summed E-state index contributed by atoms with van der Waals surface area (Å²) >= 11 is 0. The zero-order valence-electron chi connectivity index (χ0n) is 6.22. The maximum Gasteiger partial charge on any atom is 0.324 e. The first-order valence-corrected chi connectivity index (χ1v) is 3.74.